The third kappa shape index (κ3) is 3.19. The Kier molecular flexibility index (Phi) is 4.21. The van der Waals surface area contributed by atoms with Crippen LogP contribution in [0.3, 0.4) is 0 Å². The number of halogens is 2. The number of rotatable bonds is 3. The first-order valence-electron chi connectivity index (χ1n) is 4.45. The van der Waals surface area contributed by atoms with E-state index in [-0.39, 0.29) is 12.5 Å². The van der Waals surface area contributed by atoms with Crippen LogP contribution < -0.4 is 5.32 Å². The van der Waals surface area contributed by atoms with Gasteiger partial charge in [0.15, 0.2) is 0 Å². The lowest BCUT2D eigenvalue weighted by Crippen LogP contribution is -2.52. The maximum absolute atomic E-state index is 12.0. The van der Waals surface area contributed by atoms with E-state index in [0.717, 1.165) is 4.90 Å². The third-order valence-electron chi connectivity index (χ3n) is 2.01. The lowest BCUT2D eigenvalue weighted by atomic mass is 10.2. The Morgan fingerprint density at radius 1 is 1.71 bits per heavy atom. The SMILES string of the molecule is CN(CC(F)F)C(=O)C1COCCN1. The molecule has 0 bridgehead atoms. The van der Waals surface area contributed by atoms with Crippen LogP contribution in [0, 0.1) is 0 Å². The molecule has 0 saturated carbocycles. The molecule has 1 saturated heterocycles. The zero-order valence-electron chi connectivity index (χ0n) is 8.00. The van der Waals surface area contributed by atoms with Gasteiger partial charge in [-0.25, -0.2) is 8.78 Å². The normalized spacial score (nSPS) is 22.4. The molecule has 1 amide bonds. The second-order valence-corrected chi connectivity index (χ2v) is 3.19. The molecule has 0 aromatic rings. The number of hydrogen-bond acceptors (Lipinski definition) is 3. The summed E-state index contributed by atoms with van der Waals surface area (Å²) < 4.78 is 29.0. The number of ether oxygens (including phenoxy) is 1. The fourth-order valence-electron chi connectivity index (χ4n) is 1.29. The molecule has 82 valence electrons. The Labute approximate surface area is 81.2 Å². The van der Waals surface area contributed by atoms with E-state index >= 15 is 0 Å². The van der Waals surface area contributed by atoms with Gasteiger partial charge in [0, 0.05) is 13.6 Å². The van der Waals surface area contributed by atoms with Crippen molar-refractivity contribution in [3.05, 3.63) is 0 Å². The van der Waals surface area contributed by atoms with Crippen molar-refractivity contribution in [2.24, 2.45) is 0 Å². The topological polar surface area (TPSA) is 41.6 Å². The van der Waals surface area contributed by atoms with Crippen molar-refractivity contribution in [2.45, 2.75) is 12.5 Å². The van der Waals surface area contributed by atoms with Crippen molar-refractivity contribution < 1.29 is 18.3 Å². The van der Waals surface area contributed by atoms with E-state index in [1.165, 1.54) is 7.05 Å². The van der Waals surface area contributed by atoms with Crippen molar-refractivity contribution in [1.82, 2.24) is 10.2 Å². The summed E-state index contributed by atoms with van der Waals surface area (Å²) in [6.45, 7) is 0.866. The summed E-state index contributed by atoms with van der Waals surface area (Å²) in [7, 11) is 1.37. The van der Waals surface area contributed by atoms with Crippen LogP contribution in [0.2, 0.25) is 0 Å². The summed E-state index contributed by atoms with van der Waals surface area (Å²) in [4.78, 5) is 12.5. The van der Waals surface area contributed by atoms with Gasteiger partial charge in [0.25, 0.3) is 6.43 Å². The van der Waals surface area contributed by atoms with Crippen molar-refractivity contribution in [3.8, 4) is 0 Å². The number of morpholine rings is 1. The minimum absolute atomic E-state index is 0.256. The number of nitrogens with one attached hydrogen (secondary N) is 1. The lowest BCUT2D eigenvalue weighted by molar-refractivity contribution is -0.136. The number of likely N-dealkylation sites (N-methyl/N-ethyl adjacent to an activating group) is 1. The van der Waals surface area contributed by atoms with E-state index in [1.807, 2.05) is 0 Å². The van der Waals surface area contributed by atoms with Crippen molar-refractivity contribution in [2.75, 3.05) is 33.4 Å². The standard InChI is InChI=1S/C8H14F2N2O2/c1-12(4-7(9)10)8(13)6-5-14-3-2-11-6/h6-7,11H,2-5H2,1H3. The fraction of sp³-hybridized carbons (Fsp3) is 0.875. The van der Waals surface area contributed by atoms with Gasteiger partial charge in [-0.2, -0.15) is 0 Å². The van der Waals surface area contributed by atoms with Crippen LogP contribution in [-0.2, 0) is 9.53 Å². The van der Waals surface area contributed by atoms with E-state index in [0.29, 0.717) is 13.2 Å². The maximum Gasteiger partial charge on any atom is 0.255 e. The smallest absolute Gasteiger partial charge is 0.255 e. The largest absolute Gasteiger partial charge is 0.378 e. The van der Waals surface area contributed by atoms with Crippen LogP contribution >= 0.6 is 0 Å². The maximum atomic E-state index is 12.0. The highest BCUT2D eigenvalue weighted by molar-refractivity contribution is 5.81. The molecule has 1 aliphatic rings. The molecule has 0 aliphatic carbocycles. The molecule has 14 heavy (non-hydrogen) atoms. The molecule has 1 unspecified atom stereocenters. The highest BCUT2D eigenvalue weighted by Crippen LogP contribution is 2.01. The first kappa shape index (κ1) is 11.3. The summed E-state index contributed by atoms with van der Waals surface area (Å²) in [5.74, 6) is -0.343. The van der Waals surface area contributed by atoms with Gasteiger partial charge in [-0.15, -0.1) is 0 Å². The molecule has 1 fully saturated rings. The molecule has 1 heterocycles. The van der Waals surface area contributed by atoms with E-state index < -0.39 is 19.0 Å². The predicted octanol–water partition coefficient (Wildman–Crippen LogP) is -0.302. The van der Waals surface area contributed by atoms with Gasteiger partial charge in [0.1, 0.15) is 6.04 Å². The molecule has 4 nitrogen and oxygen atoms in total. The summed E-state index contributed by atoms with van der Waals surface area (Å²) >= 11 is 0. The Bertz CT molecular complexity index is 196. The minimum Gasteiger partial charge on any atom is -0.378 e. The number of carbonyl (C=O) groups excluding carboxylic acids is 1. The molecule has 1 aliphatic heterocycles. The number of hydrogen-bond donors (Lipinski definition) is 1. The summed E-state index contributed by atoms with van der Waals surface area (Å²) in [6, 6.07) is -0.479. The zero-order valence-corrected chi connectivity index (χ0v) is 8.00. The second-order valence-electron chi connectivity index (χ2n) is 3.19. The van der Waals surface area contributed by atoms with Gasteiger partial charge in [-0.05, 0) is 0 Å². The van der Waals surface area contributed by atoms with Crippen LogP contribution in [0.25, 0.3) is 0 Å². The molecule has 1 atom stereocenters. The van der Waals surface area contributed by atoms with Gasteiger partial charge in [-0.1, -0.05) is 0 Å². The number of carbonyl (C=O) groups is 1. The van der Waals surface area contributed by atoms with Crippen LogP contribution in [0.1, 0.15) is 0 Å². The molecule has 0 aromatic heterocycles. The minimum atomic E-state index is -2.49. The average Bonchev–Trinajstić information content (AvgIpc) is 2.17. The van der Waals surface area contributed by atoms with Gasteiger partial charge >= 0.3 is 0 Å². The van der Waals surface area contributed by atoms with Gasteiger partial charge in [-0.3, -0.25) is 4.79 Å². The predicted molar refractivity (Wildman–Crippen MR) is 46.3 cm³/mol. The molecular formula is C8H14F2N2O2. The number of alkyl halides is 2. The van der Waals surface area contributed by atoms with E-state index in [9.17, 15) is 13.6 Å². The van der Waals surface area contributed by atoms with Crippen LogP contribution in [0.15, 0.2) is 0 Å². The zero-order chi connectivity index (χ0) is 10.6. The molecule has 0 spiro atoms. The summed E-state index contributed by atoms with van der Waals surface area (Å²) in [5, 5.41) is 2.91. The Hall–Kier alpha value is -0.750. The van der Waals surface area contributed by atoms with Crippen LogP contribution in [0.4, 0.5) is 8.78 Å². The summed E-state index contributed by atoms with van der Waals surface area (Å²) in [5.41, 5.74) is 0. The van der Waals surface area contributed by atoms with Crippen molar-refractivity contribution in [3.63, 3.8) is 0 Å². The number of nitrogens with zero attached hydrogens (tertiary/aromatic N) is 1. The van der Waals surface area contributed by atoms with E-state index in [4.69, 9.17) is 4.74 Å². The van der Waals surface area contributed by atoms with Crippen LogP contribution in [0.5, 0.6) is 0 Å². The summed E-state index contributed by atoms with van der Waals surface area (Å²) in [6.07, 6.45) is -2.49. The Morgan fingerprint density at radius 2 is 2.43 bits per heavy atom. The number of amides is 1. The second kappa shape index (κ2) is 5.21. The molecule has 1 rings (SSSR count). The quantitative estimate of drug-likeness (QED) is 0.692. The van der Waals surface area contributed by atoms with Gasteiger partial charge < -0.3 is 15.0 Å². The van der Waals surface area contributed by atoms with Gasteiger partial charge in [0.2, 0.25) is 5.91 Å². The molecule has 0 radical (unpaired) electrons. The monoisotopic (exact) mass is 208 g/mol. The first-order valence-corrected chi connectivity index (χ1v) is 4.45. The average molecular weight is 208 g/mol. The third-order valence-corrected chi connectivity index (χ3v) is 2.01. The molecule has 1 N–H and O–H groups in total. The fourth-order valence-corrected chi connectivity index (χ4v) is 1.29. The Balaban J connectivity index is 2.38. The highest BCUT2D eigenvalue weighted by Gasteiger charge is 2.25. The highest BCUT2D eigenvalue weighted by atomic mass is 19.3. The van der Waals surface area contributed by atoms with E-state index in [2.05, 4.69) is 5.32 Å². The van der Waals surface area contributed by atoms with Crippen LogP contribution in [-0.4, -0.2) is 56.6 Å². The molecule has 0 aromatic carbocycles. The van der Waals surface area contributed by atoms with E-state index in [1.54, 1.807) is 0 Å². The Morgan fingerprint density at radius 3 is 2.93 bits per heavy atom. The first-order chi connectivity index (χ1) is 6.61. The van der Waals surface area contributed by atoms with Crippen molar-refractivity contribution in [1.29, 1.82) is 0 Å². The molecular weight excluding hydrogens is 194 g/mol. The lowest BCUT2D eigenvalue weighted by Gasteiger charge is -2.27. The molecule has 6 heteroatoms. The van der Waals surface area contributed by atoms with Crippen molar-refractivity contribution >= 4 is 5.91 Å². The van der Waals surface area contributed by atoms with Gasteiger partial charge in [0.05, 0.1) is 19.8 Å².